The molecule has 0 bridgehead atoms. The number of hydrogen-bond acceptors (Lipinski definition) is 3. The van der Waals surface area contributed by atoms with Crippen LogP contribution in [-0.2, 0) is 6.54 Å². The normalized spacial score (nSPS) is 10.6. The lowest BCUT2D eigenvalue weighted by atomic mass is 10.1. The molecule has 1 aromatic carbocycles. The summed E-state index contributed by atoms with van der Waals surface area (Å²) in [5.41, 5.74) is 0.292. The molecule has 0 saturated heterocycles. The third-order valence-electron chi connectivity index (χ3n) is 2.86. The van der Waals surface area contributed by atoms with Crippen molar-refractivity contribution in [2.24, 2.45) is 0 Å². The molecule has 0 saturated carbocycles. The lowest BCUT2D eigenvalue weighted by molar-refractivity contribution is 0.102. The van der Waals surface area contributed by atoms with Crippen molar-refractivity contribution < 1.29 is 18.3 Å². The highest BCUT2D eigenvalue weighted by Crippen LogP contribution is 2.22. The summed E-state index contributed by atoms with van der Waals surface area (Å²) in [6, 6.07) is 3.04. The Hall–Kier alpha value is -2.24. The average molecular weight is 280 g/mol. The first kappa shape index (κ1) is 14.2. The number of ether oxygens (including phenoxy) is 1. The zero-order chi connectivity index (χ0) is 14.7. The van der Waals surface area contributed by atoms with Gasteiger partial charge in [0, 0.05) is 12.1 Å². The minimum absolute atomic E-state index is 0.0556. The number of carbonyl (C=O) groups excluding carboxylic acids is 1. The number of aromatic nitrogens is 2. The molecule has 0 amide bonds. The third-order valence-corrected chi connectivity index (χ3v) is 2.86. The maximum absolute atomic E-state index is 13.2. The monoisotopic (exact) mass is 280 g/mol. The summed E-state index contributed by atoms with van der Waals surface area (Å²) in [6.45, 7) is 2.48. The smallest absolute Gasteiger partial charge is 0.214 e. The second-order valence-electron chi connectivity index (χ2n) is 4.24. The summed E-state index contributed by atoms with van der Waals surface area (Å²) in [5, 5.41) is 4.07. The number of ketones is 1. The van der Waals surface area contributed by atoms with Gasteiger partial charge in [-0.2, -0.15) is 5.10 Å². The van der Waals surface area contributed by atoms with Gasteiger partial charge >= 0.3 is 0 Å². The minimum Gasteiger partial charge on any atom is -0.493 e. The van der Waals surface area contributed by atoms with Crippen LogP contribution in [0.3, 0.4) is 0 Å². The molecule has 0 unspecified atom stereocenters. The predicted octanol–water partition coefficient (Wildman–Crippen LogP) is 2.81. The number of rotatable bonds is 5. The van der Waals surface area contributed by atoms with Gasteiger partial charge < -0.3 is 4.74 Å². The molecule has 20 heavy (non-hydrogen) atoms. The van der Waals surface area contributed by atoms with Gasteiger partial charge in [-0.3, -0.25) is 9.48 Å². The summed E-state index contributed by atoms with van der Waals surface area (Å²) >= 11 is 0. The van der Waals surface area contributed by atoms with Crippen molar-refractivity contribution in [2.45, 2.75) is 19.9 Å². The van der Waals surface area contributed by atoms with Gasteiger partial charge in [0.15, 0.2) is 23.1 Å². The molecule has 0 aliphatic carbocycles. The maximum Gasteiger partial charge on any atom is 0.214 e. The van der Waals surface area contributed by atoms with E-state index in [4.69, 9.17) is 4.74 Å². The van der Waals surface area contributed by atoms with Crippen molar-refractivity contribution in [3.05, 3.63) is 47.3 Å². The molecule has 0 N–H and O–H groups in total. The van der Waals surface area contributed by atoms with Crippen molar-refractivity contribution in [3.8, 4) is 5.75 Å². The molecule has 1 heterocycles. The minimum atomic E-state index is -1.06. The molecule has 6 heteroatoms. The van der Waals surface area contributed by atoms with Crippen LogP contribution < -0.4 is 4.74 Å². The van der Waals surface area contributed by atoms with Crippen molar-refractivity contribution in [3.63, 3.8) is 0 Å². The lowest BCUT2D eigenvalue weighted by Crippen LogP contribution is -2.13. The van der Waals surface area contributed by atoms with Crippen LogP contribution in [0.15, 0.2) is 24.4 Å². The van der Waals surface area contributed by atoms with E-state index in [1.54, 1.807) is 0 Å². The average Bonchev–Trinajstić information content (AvgIpc) is 2.84. The van der Waals surface area contributed by atoms with Crippen LogP contribution in [0.5, 0.6) is 5.75 Å². The van der Waals surface area contributed by atoms with Crippen LogP contribution in [-0.4, -0.2) is 22.7 Å². The lowest BCUT2D eigenvalue weighted by Gasteiger charge is -2.07. The van der Waals surface area contributed by atoms with Gasteiger partial charge in [-0.15, -0.1) is 0 Å². The van der Waals surface area contributed by atoms with Gasteiger partial charge in [0.1, 0.15) is 0 Å². The van der Waals surface area contributed by atoms with Crippen molar-refractivity contribution >= 4 is 5.78 Å². The number of methoxy groups -OCH3 is 1. The van der Waals surface area contributed by atoms with Gasteiger partial charge in [0.05, 0.1) is 13.3 Å². The molecule has 0 aliphatic heterocycles. The zero-order valence-electron chi connectivity index (χ0n) is 11.2. The summed E-state index contributed by atoms with van der Waals surface area (Å²) in [4.78, 5) is 12.4. The Morgan fingerprint density at radius 1 is 1.35 bits per heavy atom. The number of halogens is 2. The van der Waals surface area contributed by atoms with E-state index in [1.165, 1.54) is 24.1 Å². The molecule has 0 fully saturated rings. The van der Waals surface area contributed by atoms with Crippen LogP contribution in [0, 0.1) is 11.6 Å². The Morgan fingerprint density at radius 2 is 2.10 bits per heavy atom. The summed E-state index contributed by atoms with van der Waals surface area (Å²) in [5.74, 6) is -2.19. The molecule has 2 rings (SSSR count). The SMILES string of the molecule is CCCn1ncc(OC)c1C(=O)c1ccc(F)c(F)c1. The van der Waals surface area contributed by atoms with Crippen molar-refractivity contribution in [1.29, 1.82) is 0 Å². The highest BCUT2D eigenvalue weighted by Gasteiger charge is 2.21. The van der Waals surface area contributed by atoms with E-state index in [1.807, 2.05) is 6.92 Å². The number of carbonyl (C=O) groups is 1. The predicted molar refractivity (Wildman–Crippen MR) is 68.9 cm³/mol. The Balaban J connectivity index is 2.46. The second kappa shape index (κ2) is 5.81. The second-order valence-corrected chi connectivity index (χ2v) is 4.24. The molecule has 0 aliphatic rings. The quantitative estimate of drug-likeness (QED) is 0.791. The first-order valence-corrected chi connectivity index (χ1v) is 6.18. The van der Waals surface area contributed by atoms with Crippen LogP contribution in [0.25, 0.3) is 0 Å². The Bertz CT molecular complexity index is 638. The fraction of sp³-hybridized carbons (Fsp3) is 0.286. The molecule has 2 aromatic rings. The van der Waals surface area contributed by atoms with Crippen LogP contribution >= 0.6 is 0 Å². The number of aryl methyl sites for hydroxylation is 1. The van der Waals surface area contributed by atoms with Crippen molar-refractivity contribution in [2.75, 3.05) is 7.11 Å². The molecular weight excluding hydrogens is 266 g/mol. The van der Waals surface area contributed by atoms with Crippen molar-refractivity contribution in [1.82, 2.24) is 9.78 Å². The molecule has 0 radical (unpaired) electrons. The van der Waals surface area contributed by atoms with E-state index < -0.39 is 17.4 Å². The molecule has 0 spiro atoms. The molecule has 106 valence electrons. The summed E-state index contributed by atoms with van der Waals surface area (Å²) in [7, 11) is 1.43. The summed E-state index contributed by atoms with van der Waals surface area (Å²) < 4.78 is 32.8. The number of hydrogen-bond donors (Lipinski definition) is 0. The first-order chi connectivity index (χ1) is 9.58. The third kappa shape index (κ3) is 2.54. The van der Waals surface area contributed by atoms with Gasteiger partial charge in [-0.1, -0.05) is 6.92 Å². The fourth-order valence-corrected chi connectivity index (χ4v) is 1.90. The first-order valence-electron chi connectivity index (χ1n) is 6.18. The van der Waals surface area contributed by atoms with Crippen LogP contribution in [0.4, 0.5) is 8.78 Å². The van der Waals surface area contributed by atoms with Gasteiger partial charge in [-0.25, -0.2) is 8.78 Å². The van der Waals surface area contributed by atoms with Crippen LogP contribution in [0.1, 0.15) is 29.4 Å². The Kier molecular flexibility index (Phi) is 4.12. The zero-order valence-corrected chi connectivity index (χ0v) is 11.2. The molecule has 0 atom stereocenters. The maximum atomic E-state index is 13.2. The van der Waals surface area contributed by atoms with E-state index in [0.29, 0.717) is 12.3 Å². The van der Waals surface area contributed by atoms with E-state index >= 15 is 0 Å². The molecule has 1 aromatic heterocycles. The van der Waals surface area contributed by atoms with Crippen LogP contribution in [0.2, 0.25) is 0 Å². The molecule has 4 nitrogen and oxygen atoms in total. The Labute approximate surface area is 115 Å². The largest absolute Gasteiger partial charge is 0.493 e. The van der Waals surface area contributed by atoms with Gasteiger partial charge in [0.25, 0.3) is 0 Å². The highest BCUT2D eigenvalue weighted by atomic mass is 19.2. The van der Waals surface area contributed by atoms with E-state index in [2.05, 4.69) is 5.10 Å². The fourth-order valence-electron chi connectivity index (χ4n) is 1.90. The summed E-state index contributed by atoms with van der Waals surface area (Å²) in [6.07, 6.45) is 2.21. The topological polar surface area (TPSA) is 44.1 Å². The van der Waals surface area contributed by atoms with E-state index in [9.17, 15) is 13.6 Å². The van der Waals surface area contributed by atoms with E-state index in [-0.39, 0.29) is 11.3 Å². The number of benzene rings is 1. The van der Waals surface area contributed by atoms with E-state index in [0.717, 1.165) is 18.6 Å². The number of nitrogens with zero attached hydrogens (tertiary/aromatic N) is 2. The van der Waals surface area contributed by atoms with Gasteiger partial charge in [0.2, 0.25) is 5.78 Å². The Morgan fingerprint density at radius 3 is 2.70 bits per heavy atom. The molecular formula is C14H14F2N2O2. The standard InChI is InChI=1S/C14H14F2N2O2/c1-3-6-18-13(12(20-2)8-17-18)14(19)9-4-5-10(15)11(16)7-9/h4-5,7-8H,3,6H2,1-2H3. The highest BCUT2D eigenvalue weighted by molar-refractivity contribution is 6.09. The van der Waals surface area contributed by atoms with Gasteiger partial charge in [-0.05, 0) is 24.6 Å².